The summed E-state index contributed by atoms with van der Waals surface area (Å²) in [7, 11) is 0. The molecule has 2 rings (SSSR count). The van der Waals surface area contributed by atoms with Crippen LogP contribution in [0.5, 0.6) is 0 Å². The molecule has 4 heteroatoms. The molecule has 0 radical (unpaired) electrons. The Morgan fingerprint density at radius 3 is 2.56 bits per heavy atom. The highest BCUT2D eigenvalue weighted by molar-refractivity contribution is 8.17. The third-order valence-electron chi connectivity index (χ3n) is 2.24. The second-order valence-electron chi connectivity index (χ2n) is 3.50. The van der Waals surface area contributed by atoms with E-state index >= 15 is 0 Å². The van der Waals surface area contributed by atoms with Gasteiger partial charge in [0.25, 0.3) is 0 Å². The minimum Gasteiger partial charge on any atom is -0.143 e. The summed E-state index contributed by atoms with van der Waals surface area (Å²) in [6.07, 6.45) is 5.69. The molecule has 16 heavy (non-hydrogen) atoms. The van der Waals surface area contributed by atoms with Gasteiger partial charge in [0.2, 0.25) is 0 Å². The Kier molecular flexibility index (Phi) is 4.96. The standard InChI is InChI=1S/C12H12Cl2S2/c13-10-4-2-9(8-11(10)14)3-5-12-15-6-1-7-16-12/h2-5,8,12H,1,6-7H2/b5-3-. The van der Waals surface area contributed by atoms with Gasteiger partial charge in [-0.05, 0) is 35.6 Å². The van der Waals surface area contributed by atoms with Crippen molar-refractivity contribution in [1.82, 2.24) is 0 Å². The van der Waals surface area contributed by atoms with Crippen molar-refractivity contribution in [2.24, 2.45) is 0 Å². The van der Waals surface area contributed by atoms with Gasteiger partial charge in [0.15, 0.2) is 0 Å². The molecular weight excluding hydrogens is 279 g/mol. The fourth-order valence-corrected chi connectivity index (χ4v) is 4.34. The normalized spacial score (nSPS) is 18.1. The average molecular weight is 291 g/mol. The van der Waals surface area contributed by atoms with E-state index in [0.29, 0.717) is 14.6 Å². The lowest BCUT2D eigenvalue weighted by Gasteiger charge is -2.17. The first-order chi connectivity index (χ1) is 7.75. The topological polar surface area (TPSA) is 0 Å². The maximum absolute atomic E-state index is 5.96. The molecule has 0 spiro atoms. The summed E-state index contributed by atoms with van der Waals surface area (Å²) >= 11 is 15.8. The lowest BCUT2D eigenvalue weighted by Crippen LogP contribution is -2.02. The summed E-state index contributed by atoms with van der Waals surface area (Å²) < 4.78 is 0.586. The van der Waals surface area contributed by atoms with Gasteiger partial charge < -0.3 is 0 Å². The molecule has 0 unspecified atom stereocenters. The van der Waals surface area contributed by atoms with Crippen LogP contribution < -0.4 is 0 Å². The Morgan fingerprint density at radius 1 is 1.12 bits per heavy atom. The number of hydrogen-bond donors (Lipinski definition) is 0. The van der Waals surface area contributed by atoms with Crippen LogP contribution in [0.15, 0.2) is 24.3 Å². The van der Waals surface area contributed by atoms with Crippen LogP contribution in [0.3, 0.4) is 0 Å². The molecule has 1 heterocycles. The molecule has 1 aromatic carbocycles. The molecule has 0 aliphatic carbocycles. The maximum Gasteiger partial charge on any atom is 0.0685 e. The van der Waals surface area contributed by atoms with E-state index in [1.807, 2.05) is 41.7 Å². The highest BCUT2D eigenvalue weighted by atomic mass is 35.5. The first kappa shape index (κ1) is 12.7. The van der Waals surface area contributed by atoms with Crippen molar-refractivity contribution in [3.63, 3.8) is 0 Å². The van der Waals surface area contributed by atoms with Gasteiger partial charge in [-0.2, -0.15) is 0 Å². The van der Waals surface area contributed by atoms with Crippen LogP contribution >= 0.6 is 46.7 Å². The van der Waals surface area contributed by atoms with E-state index in [1.165, 1.54) is 17.9 Å². The Labute approximate surface area is 115 Å². The van der Waals surface area contributed by atoms with Gasteiger partial charge in [-0.15, -0.1) is 23.5 Å². The van der Waals surface area contributed by atoms with Crippen molar-refractivity contribution in [1.29, 1.82) is 0 Å². The van der Waals surface area contributed by atoms with Gasteiger partial charge in [-0.3, -0.25) is 0 Å². The van der Waals surface area contributed by atoms with Crippen LogP contribution in [0, 0.1) is 0 Å². The van der Waals surface area contributed by atoms with E-state index in [2.05, 4.69) is 12.2 Å². The quantitative estimate of drug-likeness (QED) is 0.734. The third kappa shape index (κ3) is 3.63. The number of rotatable bonds is 2. The summed E-state index contributed by atoms with van der Waals surface area (Å²) in [6, 6.07) is 5.73. The van der Waals surface area contributed by atoms with Crippen molar-refractivity contribution >= 4 is 52.8 Å². The Morgan fingerprint density at radius 2 is 1.88 bits per heavy atom. The van der Waals surface area contributed by atoms with E-state index in [9.17, 15) is 0 Å². The van der Waals surface area contributed by atoms with Crippen LogP contribution in [0.25, 0.3) is 6.08 Å². The van der Waals surface area contributed by atoms with Gasteiger partial charge in [-0.25, -0.2) is 0 Å². The first-order valence-electron chi connectivity index (χ1n) is 5.12. The van der Waals surface area contributed by atoms with E-state index in [4.69, 9.17) is 23.2 Å². The zero-order valence-corrected chi connectivity index (χ0v) is 11.8. The highest BCUT2D eigenvalue weighted by Gasteiger charge is 2.10. The maximum atomic E-state index is 5.96. The van der Waals surface area contributed by atoms with Crippen molar-refractivity contribution < 1.29 is 0 Å². The zero-order valence-electron chi connectivity index (χ0n) is 8.66. The monoisotopic (exact) mass is 290 g/mol. The van der Waals surface area contributed by atoms with Gasteiger partial charge in [-0.1, -0.05) is 41.4 Å². The molecule has 1 saturated heterocycles. The number of thioether (sulfide) groups is 2. The fourth-order valence-electron chi connectivity index (χ4n) is 1.42. The molecule has 0 nitrogen and oxygen atoms in total. The average Bonchev–Trinajstić information content (AvgIpc) is 2.32. The predicted octanol–water partition coefficient (Wildman–Crippen LogP) is 5.20. The molecule has 1 aliphatic heterocycles. The summed E-state index contributed by atoms with van der Waals surface area (Å²) in [5.74, 6) is 2.53. The van der Waals surface area contributed by atoms with Crippen LogP contribution in [0.2, 0.25) is 10.0 Å². The van der Waals surface area contributed by atoms with Crippen molar-refractivity contribution in [2.45, 2.75) is 11.0 Å². The second-order valence-corrected chi connectivity index (χ2v) is 7.11. The predicted molar refractivity (Wildman–Crippen MR) is 78.8 cm³/mol. The molecule has 0 atom stereocenters. The summed E-state index contributed by atoms with van der Waals surface area (Å²) in [4.78, 5) is 0. The van der Waals surface area contributed by atoms with Gasteiger partial charge in [0.1, 0.15) is 0 Å². The molecule has 0 amide bonds. The van der Waals surface area contributed by atoms with Gasteiger partial charge in [0, 0.05) is 0 Å². The Balaban J connectivity index is 2.02. The minimum atomic E-state index is 0.586. The molecule has 1 aliphatic rings. The van der Waals surface area contributed by atoms with E-state index in [0.717, 1.165) is 5.56 Å². The first-order valence-corrected chi connectivity index (χ1v) is 7.97. The van der Waals surface area contributed by atoms with Gasteiger partial charge >= 0.3 is 0 Å². The Hall–Kier alpha value is 0.240. The number of benzene rings is 1. The molecule has 0 bridgehead atoms. The largest absolute Gasteiger partial charge is 0.143 e. The molecule has 86 valence electrons. The van der Waals surface area contributed by atoms with E-state index < -0.39 is 0 Å². The van der Waals surface area contributed by atoms with Crippen LogP contribution in [0.1, 0.15) is 12.0 Å². The molecule has 0 saturated carbocycles. The summed E-state index contributed by atoms with van der Waals surface area (Å²) in [6.45, 7) is 0. The van der Waals surface area contributed by atoms with Gasteiger partial charge in [0.05, 0.1) is 14.6 Å². The molecule has 0 aromatic heterocycles. The van der Waals surface area contributed by atoms with E-state index in [1.54, 1.807) is 0 Å². The van der Waals surface area contributed by atoms with E-state index in [-0.39, 0.29) is 0 Å². The molecular formula is C12H12Cl2S2. The molecule has 1 aromatic rings. The molecule has 0 N–H and O–H groups in total. The fraction of sp³-hybridized carbons (Fsp3) is 0.333. The summed E-state index contributed by atoms with van der Waals surface area (Å²) in [5.41, 5.74) is 1.11. The summed E-state index contributed by atoms with van der Waals surface area (Å²) in [5, 5.41) is 1.23. The minimum absolute atomic E-state index is 0.586. The zero-order chi connectivity index (χ0) is 11.4. The number of halogens is 2. The molecule has 1 fully saturated rings. The van der Waals surface area contributed by atoms with Crippen LogP contribution in [-0.4, -0.2) is 16.1 Å². The van der Waals surface area contributed by atoms with Crippen molar-refractivity contribution in [3.8, 4) is 0 Å². The van der Waals surface area contributed by atoms with Crippen molar-refractivity contribution in [2.75, 3.05) is 11.5 Å². The van der Waals surface area contributed by atoms with Crippen LogP contribution in [0.4, 0.5) is 0 Å². The lowest BCUT2D eigenvalue weighted by molar-refractivity contribution is 1.11. The smallest absolute Gasteiger partial charge is 0.0685 e. The second kappa shape index (κ2) is 6.25. The highest BCUT2D eigenvalue weighted by Crippen LogP contribution is 2.32. The SMILES string of the molecule is Clc1ccc(/C=C\C2SCCCS2)cc1Cl. The third-order valence-corrected chi connectivity index (χ3v) is 5.82. The Bertz CT molecular complexity index is 385. The number of hydrogen-bond acceptors (Lipinski definition) is 2. The van der Waals surface area contributed by atoms with Crippen LogP contribution in [-0.2, 0) is 0 Å². The van der Waals surface area contributed by atoms with Crippen molar-refractivity contribution in [3.05, 3.63) is 39.9 Å². The lowest BCUT2D eigenvalue weighted by atomic mass is 10.2.